The van der Waals surface area contributed by atoms with Crippen LogP contribution in [0, 0.1) is 5.41 Å². The summed E-state index contributed by atoms with van der Waals surface area (Å²) >= 11 is 20.9. The van der Waals surface area contributed by atoms with Gasteiger partial charge in [0, 0.05) is 11.2 Å². The van der Waals surface area contributed by atoms with Crippen molar-refractivity contribution < 1.29 is 18.9 Å². The van der Waals surface area contributed by atoms with Crippen LogP contribution >= 0.6 is 135 Å². The zero-order chi connectivity index (χ0) is 22.5. The minimum Gasteiger partial charge on any atom is -0.481 e. The fourth-order valence-corrected chi connectivity index (χ4v) is 16.1. The molecule has 0 heterocycles. The molecule has 0 radical (unpaired) electrons. The van der Waals surface area contributed by atoms with Crippen LogP contribution in [0.4, 0.5) is 0 Å². The second-order valence-electron chi connectivity index (χ2n) is 5.10. The average Bonchev–Trinajstić information content (AvgIpc) is 2.71. The first-order valence-electron chi connectivity index (χ1n) is 7.25. The first-order valence-corrected chi connectivity index (χ1v) is 17.7. The Morgan fingerprint density at radius 3 is 1.24 bits per heavy atom. The van der Waals surface area contributed by atoms with Crippen LogP contribution in [0.15, 0.2) is 0 Å². The Bertz CT molecular complexity index is 520. The molecule has 0 saturated carbocycles. The van der Waals surface area contributed by atoms with Crippen LogP contribution in [0.3, 0.4) is 0 Å². The minimum absolute atomic E-state index is 0.239. The molecule has 0 unspecified atom stereocenters. The second-order valence-corrected chi connectivity index (χ2v) is 17.6. The smallest absolute Gasteiger partial charge is 0.230 e. The van der Waals surface area contributed by atoms with Crippen LogP contribution in [0.25, 0.3) is 0 Å². The van der Waals surface area contributed by atoms with Crippen LogP contribution < -0.4 is 0 Å². The van der Waals surface area contributed by atoms with E-state index in [4.69, 9.17) is 67.8 Å². The van der Waals surface area contributed by atoms with Crippen LogP contribution in [-0.2, 0) is 18.9 Å². The lowest BCUT2D eigenvalue weighted by atomic mass is 9.99. The lowest BCUT2D eigenvalue weighted by molar-refractivity contribution is 0.426. The highest BCUT2D eigenvalue weighted by Gasteiger charge is 2.49. The van der Waals surface area contributed by atoms with E-state index in [1.54, 1.807) is 71.6 Å². The normalized spacial score (nSPS) is 11.5. The lowest BCUT2D eigenvalue weighted by Gasteiger charge is -2.43. The molecule has 29 heavy (non-hydrogen) atoms. The molecule has 0 fully saturated rings. The fraction of sp³-hybridized carbons (Fsp3) is 0.692. The number of hydrogen-bond acceptors (Lipinski definition) is 16. The summed E-state index contributed by atoms with van der Waals surface area (Å²) in [6.45, 7) is 4.35. The van der Waals surface area contributed by atoms with E-state index >= 15 is 0 Å². The Kier molecular flexibility index (Phi) is 18.3. The van der Waals surface area contributed by atoms with Gasteiger partial charge in [-0.05, 0) is 92.0 Å². The maximum Gasteiger partial charge on any atom is 0.230 e. The molecule has 0 N–H and O–H groups in total. The Hall–Kier alpha value is 2.36. The van der Waals surface area contributed by atoms with Gasteiger partial charge in [-0.25, -0.2) is 0 Å². The summed E-state index contributed by atoms with van der Waals surface area (Å²) in [5.74, 6) is 0.773. The Morgan fingerprint density at radius 1 is 0.621 bits per heavy atom. The standard InChI is InChI=1S/C13H20O4S12/c1-12(2,7-22-23-8(18)14-3)13(27-24-9(19)15-4,28-25-10(20)16-5)29-26-11(21)17-6/h7H2,1-6H3. The minimum atomic E-state index is -0.455. The number of ether oxygens (including phenoxy) is 4. The maximum atomic E-state index is 5.24. The summed E-state index contributed by atoms with van der Waals surface area (Å²) in [6.07, 6.45) is 0. The quantitative estimate of drug-likeness (QED) is 0.134. The van der Waals surface area contributed by atoms with Gasteiger partial charge in [-0.15, -0.1) is 0 Å². The zero-order valence-corrected chi connectivity index (χ0v) is 26.0. The van der Waals surface area contributed by atoms with E-state index in [1.165, 1.54) is 43.2 Å². The molecule has 4 nitrogen and oxygen atoms in total. The fourth-order valence-electron chi connectivity index (χ4n) is 1.10. The number of thiocarbonyl (C=S) groups is 4. The molecule has 0 aromatic rings. The number of hydrogen-bond donors (Lipinski definition) is 0. The van der Waals surface area contributed by atoms with Gasteiger partial charge < -0.3 is 18.9 Å². The van der Waals surface area contributed by atoms with E-state index in [-0.39, 0.29) is 5.41 Å². The van der Waals surface area contributed by atoms with E-state index in [1.807, 2.05) is 0 Å². The van der Waals surface area contributed by atoms with Crippen LogP contribution in [0.2, 0.25) is 0 Å². The highest BCUT2D eigenvalue weighted by atomic mass is 33.2. The molecule has 0 aliphatic heterocycles. The van der Waals surface area contributed by atoms with Gasteiger partial charge in [-0.1, -0.05) is 57.0 Å². The third-order valence-corrected chi connectivity index (χ3v) is 19.3. The summed E-state index contributed by atoms with van der Waals surface area (Å²) in [7, 11) is 18.3. The van der Waals surface area contributed by atoms with Crippen LogP contribution in [0.1, 0.15) is 13.8 Å². The monoisotopic (exact) mass is 624 g/mol. The van der Waals surface area contributed by atoms with Gasteiger partial charge in [0.25, 0.3) is 0 Å². The van der Waals surface area contributed by atoms with Crippen molar-refractivity contribution in [3.63, 3.8) is 0 Å². The predicted molar refractivity (Wildman–Crippen MR) is 161 cm³/mol. The molecule has 0 aromatic carbocycles. The first-order chi connectivity index (χ1) is 13.6. The maximum absolute atomic E-state index is 5.24. The van der Waals surface area contributed by atoms with E-state index in [0.29, 0.717) is 17.5 Å². The third kappa shape index (κ3) is 12.4. The molecular formula is C13H20O4S12. The van der Waals surface area contributed by atoms with E-state index in [2.05, 4.69) is 13.8 Å². The van der Waals surface area contributed by atoms with Crippen LogP contribution in [-0.4, -0.2) is 55.1 Å². The Labute approximate surface area is 226 Å². The van der Waals surface area contributed by atoms with Gasteiger partial charge in [0.05, 0.1) is 28.4 Å². The van der Waals surface area contributed by atoms with Gasteiger partial charge >= 0.3 is 0 Å². The summed E-state index contributed by atoms with van der Waals surface area (Å²) in [5, 5.41) is 0. The van der Waals surface area contributed by atoms with Crippen molar-refractivity contribution in [3.05, 3.63) is 0 Å². The van der Waals surface area contributed by atoms with Crippen molar-refractivity contribution >= 4 is 153 Å². The molecule has 0 aromatic heterocycles. The Morgan fingerprint density at radius 2 is 0.931 bits per heavy atom. The topological polar surface area (TPSA) is 36.9 Å². The SMILES string of the molecule is COC(=S)SSCC(C)(C)C(SSC(=S)OC)(SSC(=S)OC)SSC(=S)OC. The van der Waals surface area contributed by atoms with Crippen LogP contribution in [0.5, 0.6) is 0 Å². The van der Waals surface area contributed by atoms with Crippen molar-refractivity contribution in [2.75, 3.05) is 34.2 Å². The summed E-state index contributed by atoms with van der Waals surface area (Å²) in [5.41, 5.74) is -0.239. The summed E-state index contributed by atoms with van der Waals surface area (Å²) < 4.78 is 22.0. The lowest BCUT2D eigenvalue weighted by Crippen LogP contribution is -2.36. The molecule has 0 bridgehead atoms. The van der Waals surface area contributed by atoms with Gasteiger partial charge in [-0.3, -0.25) is 0 Å². The molecule has 0 spiro atoms. The highest BCUT2D eigenvalue weighted by molar-refractivity contribution is 8.99. The van der Waals surface area contributed by atoms with Crippen molar-refractivity contribution in [1.82, 2.24) is 0 Å². The van der Waals surface area contributed by atoms with Gasteiger partial charge in [0.1, 0.15) is 3.41 Å². The molecule has 0 atom stereocenters. The molecule has 0 amide bonds. The molecule has 168 valence electrons. The van der Waals surface area contributed by atoms with E-state index in [0.717, 1.165) is 5.75 Å². The predicted octanol–water partition coefficient (Wildman–Crippen LogP) is 7.92. The summed E-state index contributed by atoms with van der Waals surface area (Å²) in [4.78, 5) is 0. The molecule has 16 heteroatoms. The molecule has 0 rings (SSSR count). The summed E-state index contributed by atoms with van der Waals surface area (Å²) in [6, 6.07) is 0. The Balaban J connectivity index is 5.70. The first kappa shape index (κ1) is 31.4. The average molecular weight is 625 g/mol. The van der Waals surface area contributed by atoms with Crippen molar-refractivity contribution in [2.45, 2.75) is 17.3 Å². The molecule has 0 aliphatic rings. The highest BCUT2D eigenvalue weighted by Crippen LogP contribution is 2.68. The largest absolute Gasteiger partial charge is 0.481 e. The number of methoxy groups -OCH3 is 4. The number of rotatable bonds is 10. The van der Waals surface area contributed by atoms with Gasteiger partial charge in [0.2, 0.25) is 17.5 Å². The van der Waals surface area contributed by atoms with Gasteiger partial charge in [-0.2, -0.15) is 0 Å². The molecule has 0 aliphatic carbocycles. The zero-order valence-electron chi connectivity index (χ0n) is 16.2. The van der Waals surface area contributed by atoms with Crippen molar-refractivity contribution in [1.29, 1.82) is 0 Å². The van der Waals surface area contributed by atoms with E-state index in [9.17, 15) is 0 Å². The molecule has 0 saturated heterocycles. The van der Waals surface area contributed by atoms with Crippen molar-refractivity contribution in [2.24, 2.45) is 5.41 Å². The van der Waals surface area contributed by atoms with Gasteiger partial charge in [0.15, 0.2) is 0 Å². The van der Waals surface area contributed by atoms with E-state index < -0.39 is 3.41 Å². The third-order valence-electron chi connectivity index (χ3n) is 2.70. The molecular weight excluding hydrogens is 605 g/mol. The van der Waals surface area contributed by atoms with Crippen molar-refractivity contribution in [3.8, 4) is 0 Å². The second kappa shape index (κ2) is 16.9.